The third-order valence-corrected chi connectivity index (χ3v) is 3.35. The van der Waals surface area contributed by atoms with Gasteiger partial charge < -0.3 is 9.88 Å². The van der Waals surface area contributed by atoms with Gasteiger partial charge in [0.2, 0.25) is 0 Å². The molecule has 0 aliphatic heterocycles. The Balaban J connectivity index is 2.22. The van der Waals surface area contributed by atoms with Crippen molar-refractivity contribution in [1.29, 1.82) is 0 Å². The van der Waals surface area contributed by atoms with Gasteiger partial charge in [-0.2, -0.15) is 0 Å². The summed E-state index contributed by atoms with van der Waals surface area (Å²) in [5.74, 6) is -0.860. The quantitative estimate of drug-likeness (QED) is 0.883. The van der Waals surface area contributed by atoms with Gasteiger partial charge in [-0.05, 0) is 47.1 Å². The molecular weight excluding hydrogens is 335 g/mol. The Morgan fingerprint density at radius 1 is 1.47 bits per heavy atom. The fourth-order valence-corrected chi connectivity index (χ4v) is 2.28. The molecule has 3 nitrogen and oxygen atoms in total. The van der Waals surface area contributed by atoms with Crippen molar-refractivity contribution in [2.75, 3.05) is 5.32 Å². The summed E-state index contributed by atoms with van der Waals surface area (Å²) in [4.78, 5) is 12.1. The van der Waals surface area contributed by atoms with E-state index < -0.39 is 5.82 Å². The summed E-state index contributed by atoms with van der Waals surface area (Å²) >= 11 is 8.91. The zero-order valence-electron chi connectivity index (χ0n) is 10.1. The van der Waals surface area contributed by atoms with Gasteiger partial charge in [0, 0.05) is 22.9 Å². The molecule has 1 heterocycles. The molecule has 0 aliphatic rings. The number of anilines is 1. The number of carbonyl (C=O) groups excluding carboxylic acids is 1. The SMILES string of the molecule is CCn1cc(Br)cc1C(=O)Nc1ccc(Cl)c(F)c1. The highest BCUT2D eigenvalue weighted by Crippen LogP contribution is 2.20. The summed E-state index contributed by atoms with van der Waals surface area (Å²) in [5.41, 5.74) is 0.872. The molecule has 0 saturated carbocycles. The normalized spacial score (nSPS) is 10.5. The van der Waals surface area contributed by atoms with Crippen molar-refractivity contribution in [1.82, 2.24) is 4.57 Å². The van der Waals surface area contributed by atoms with Crippen LogP contribution in [0.2, 0.25) is 5.02 Å². The maximum Gasteiger partial charge on any atom is 0.272 e. The summed E-state index contributed by atoms with van der Waals surface area (Å²) < 4.78 is 15.9. The largest absolute Gasteiger partial charge is 0.343 e. The number of aryl methyl sites for hydroxylation is 1. The van der Waals surface area contributed by atoms with E-state index in [4.69, 9.17) is 11.6 Å². The first-order valence-electron chi connectivity index (χ1n) is 5.63. The van der Waals surface area contributed by atoms with E-state index in [0.29, 0.717) is 17.9 Å². The summed E-state index contributed by atoms with van der Waals surface area (Å²) in [7, 11) is 0. The predicted molar refractivity (Wildman–Crippen MR) is 77.2 cm³/mol. The Bertz CT molecular complexity index is 627. The Labute approximate surface area is 123 Å². The maximum absolute atomic E-state index is 13.3. The van der Waals surface area contributed by atoms with Crippen LogP contribution in [0, 0.1) is 5.82 Å². The first-order valence-corrected chi connectivity index (χ1v) is 6.80. The fourth-order valence-electron chi connectivity index (χ4n) is 1.70. The van der Waals surface area contributed by atoms with E-state index in [2.05, 4.69) is 21.2 Å². The van der Waals surface area contributed by atoms with E-state index in [1.165, 1.54) is 12.1 Å². The zero-order chi connectivity index (χ0) is 14.0. The van der Waals surface area contributed by atoms with E-state index in [9.17, 15) is 9.18 Å². The average molecular weight is 346 g/mol. The molecule has 1 N–H and O–H groups in total. The molecule has 2 aromatic rings. The van der Waals surface area contributed by atoms with Crippen molar-refractivity contribution < 1.29 is 9.18 Å². The van der Waals surface area contributed by atoms with Crippen molar-refractivity contribution in [2.45, 2.75) is 13.5 Å². The lowest BCUT2D eigenvalue weighted by Crippen LogP contribution is -2.16. The van der Waals surface area contributed by atoms with Crippen LogP contribution in [0.5, 0.6) is 0 Å². The Morgan fingerprint density at radius 2 is 2.21 bits per heavy atom. The number of hydrogen-bond acceptors (Lipinski definition) is 1. The second-order valence-electron chi connectivity index (χ2n) is 3.91. The molecule has 0 fully saturated rings. The molecule has 0 aliphatic carbocycles. The first-order chi connectivity index (χ1) is 9.01. The molecule has 0 spiro atoms. The lowest BCUT2D eigenvalue weighted by molar-refractivity contribution is 0.101. The molecule has 0 saturated heterocycles. The van der Waals surface area contributed by atoms with Crippen molar-refractivity contribution in [2.24, 2.45) is 0 Å². The minimum absolute atomic E-state index is 0.0256. The van der Waals surface area contributed by atoms with E-state index in [0.717, 1.165) is 4.47 Å². The van der Waals surface area contributed by atoms with Crippen molar-refractivity contribution in [3.8, 4) is 0 Å². The fraction of sp³-hybridized carbons (Fsp3) is 0.154. The predicted octanol–water partition coefficient (Wildman–Crippen LogP) is 4.32. The van der Waals surface area contributed by atoms with Gasteiger partial charge in [-0.1, -0.05) is 11.6 Å². The van der Waals surface area contributed by atoms with Crippen LogP contribution < -0.4 is 5.32 Å². The number of rotatable bonds is 3. The molecule has 0 unspecified atom stereocenters. The summed E-state index contributed by atoms with van der Waals surface area (Å²) in [6.45, 7) is 2.61. The number of carbonyl (C=O) groups is 1. The van der Waals surface area contributed by atoms with E-state index in [-0.39, 0.29) is 10.9 Å². The zero-order valence-corrected chi connectivity index (χ0v) is 12.4. The second kappa shape index (κ2) is 5.75. The molecule has 6 heteroatoms. The monoisotopic (exact) mass is 344 g/mol. The third kappa shape index (κ3) is 3.16. The lowest BCUT2D eigenvalue weighted by Gasteiger charge is -2.08. The summed E-state index contributed by atoms with van der Waals surface area (Å²) in [6, 6.07) is 5.86. The van der Waals surface area contributed by atoms with Gasteiger partial charge in [0.1, 0.15) is 11.5 Å². The number of hydrogen-bond donors (Lipinski definition) is 1. The molecule has 100 valence electrons. The molecular formula is C13H11BrClFN2O. The molecule has 2 rings (SSSR count). The highest BCUT2D eigenvalue weighted by molar-refractivity contribution is 9.10. The number of halogens is 3. The number of benzene rings is 1. The van der Waals surface area contributed by atoms with Gasteiger partial charge in [-0.15, -0.1) is 0 Å². The van der Waals surface area contributed by atoms with Crippen molar-refractivity contribution in [3.63, 3.8) is 0 Å². The van der Waals surface area contributed by atoms with E-state index in [1.807, 2.05) is 13.1 Å². The topological polar surface area (TPSA) is 34.0 Å². The maximum atomic E-state index is 13.3. The molecule has 0 radical (unpaired) electrons. The van der Waals surface area contributed by atoms with E-state index in [1.54, 1.807) is 16.7 Å². The highest BCUT2D eigenvalue weighted by atomic mass is 79.9. The first kappa shape index (κ1) is 14.1. The molecule has 19 heavy (non-hydrogen) atoms. The Morgan fingerprint density at radius 3 is 2.84 bits per heavy atom. The van der Waals surface area contributed by atoms with Gasteiger partial charge in [-0.25, -0.2) is 4.39 Å². The minimum atomic E-state index is -0.563. The number of aromatic nitrogens is 1. The third-order valence-electron chi connectivity index (χ3n) is 2.61. The van der Waals surface area contributed by atoms with Crippen molar-refractivity contribution in [3.05, 3.63) is 51.5 Å². The summed E-state index contributed by atoms with van der Waals surface area (Å²) in [5, 5.41) is 2.66. The van der Waals surface area contributed by atoms with Gasteiger partial charge in [0.25, 0.3) is 5.91 Å². The Kier molecular flexibility index (Phi) is 4.27. The molecule has 1 aromatic heterocycles. The number of amides is 1. The van der Waals surface area contributed by atoms with Crippen molar-refractivity contribution >= 4 is 39.1 Å². The number of nitrogens with zero attached hydrogens (tertiary/aromatic N) is 1. The average Bonchev–Trinajstić information content (AvgIpc) is 2.75. The van der Waals surface area contributed by atoms with Crippen LogP contribution >= 0.6 is 27.5 Å². The van der Waals surface area contributed by atoms with Crippen LogP contribution in [0.1, 0.15) is 17.4 Å². The van der Waals surface area contributed by atoms with Gasteiger partial charge in [0.05, 0.1) is 5.02 Å². The number of nitrogens with one attached hydrogen (secondary N) is 1. The smallest absolute Gasteiger partial charge is 0.272 e. The van der Waals surface area contributed by atoms with Crippen LogP contribution in [0.3, 0.4) is 0 Å². The second-order valence-corrected chi connectivity index (χ2v) is 5.24. The minimum Gasteiger partial charge on any atom is -0.343 e. The molecule has 1 aromatic carbocycles. The molecule has 0 atom stereocenters. The van der Waals surface area contributed by atoms with Crippen LogP contribution in [0.15, 0.2) is 34.9 Å². The lowest BCUT2D eigenvalue weighted by atomic mass is 10.3. The molecule has 0 bridgehead atoms. The van der Waals surface area contributed by atoms with Crippen LogP contribution in [-0.2, 0) is 6.54 Å². The van der Waals surface area contributed by atoms with Crippen LogP contribution in [-0.4, -0.2) is 10.5 Å². The molecule has 1 amide bonds. The van der Waals surface area contributed by atoms with Crippen LogP contribution in [0.4, 0.5) is 10.1 Å². The van der Waals surface area contributed by atoms with E-state index >= 15 is 0 Å². The highest BCUT2D eigenvalue weighted by Gasteiger charge is 2.13. The standard InChI is InChI=1S/C13H11BrClFN2O/c1-2-18-7-8(14)5-12(18)13(19)17-9-3-4-10(15)11(16)6-9/h3-7H,2H2,1H3,(H,17,19). The Hall–Kier alpha value is -1.33. The van der Waals surface area contributed by atoms with Gasteiger partial charge in [0.15, 0.2) is 0 Å². The van der Waals surface area contributed by atoms with Gasteiger partial charge >= 0.3 is 0 Å². The van der Waals surface area contributed by atoms with Crippen LogP contribution in [0.25, 0.3) is 0 Å². The van der Waals surface area contributed by atoms with Gasteiger partial charge in [-0.3, -0.25) is 4.79 Å². The summed E-state index contributed by atoms with van der Waals surface area (Å²) in [6.07, 6.45) is 1.82.